The molecule has 7 rings (SSSR count). The number of likely N-dealkylation sites (N-methyl/N-ethyl adjacent to an activating group) is 1. The first-order valence-electron chi connectivity index (χ1n) is 12.0. The molecule has 0 spiro atoms. The zero-order chi connectivity index (χ0) is 24.1. The lowest BCUT2D eigenvalue weighted by atomic mass is 9.61. The highest BCUT2D eigenvalue weighted by Gasteiger charge is 2.48. The van der Waals surface area contributed by atoms with Gasteiger partial charge in [0.05, 0.1) is 17.8 Å². The standard InChI is InChI=1S/C26H27FN6O2/c1-33-21(32-23-15-6-4-14(5-7-15)22(23)26(34)35)10-20(16-3-2-8-28-11-16)31-25(33)19-13-30-24-18(19)9-17(27)12-29-24/h2-3,8-15,21-23,32H,4-7H2,1H3,(H,29,30)(H,34,35). The smallest absolute Gasteiger partial charge is 0.308 e. The lowest BCUT2D eigenvalue weighted by molar-refractivity contribution is -0.150. The Morgan fingerprint density at radius 2 is 2.03 bits per heavy atom. The van der Waals surface area contributed by atoms with E-state index in [9.17, 15) is 14.3 Å². The SMILES string of the molecule is CN1C(c2c[nH]c3ncc(F)cc23)=NC(c2cccnc2)=CC1NC1C2CCC(CC2)C1C(=O)O. The first kappa shape index (κ1) is 21.9. The zero-order valence-corrected chi connectivity index (χ0v) is 19.4. The number of aromatic amines is 1. The Labute approximate surface area is 202 Å². The van der Waals surface area contributed by atoms with Crippen LogP contribution in [0.4, 0.5) is 4.39 Å². The van der Waals surface area contributed by atoms with Gasteiger partial charge in [-0.15, -0.1) is 0 Å². The van der Waals surface area contributed by atoms with Crippen molar-refractivity contribution in [2.45, 2.75) is 37.9 Å². The summed E-state index contributed by atoms with van der Waals surface area (Å²) in [4.78, 5) is 30.7. The van der Waals surface area contributed by atoms with Gasteiger partial charge in [-0.25, -0.2) is 14.4 Å². The van der Waals surface area contributed by atoms with Crippen molar-refractivity contribution in [3.8, 4) is 0 Å². The maximum Gasteiger partial charge on any atom is 0.308 e. The quantitative estimate of drug-likeness (QED) is 0.521. The number of rotatable bonds is 5. The highest BCUT2D eigenvalue weighted by Crippen LogP contribution is 2.45. The van der Waals surface area contributed by atoms with E-state index in [0.717, 1.165) is 42.5 Å². The van der Waals surface area contributed by atoms with Gasteiger partial charge in [0.25, 0.3) is 0 Å². The molecule has 3 aromatic heterocycles. The number of H-pyrrole nitrogens is 1. The van der Waals surface area contributed by atoms with Crippen LogP contribution in [0.15, 0.2) is 54.1 Å². The number of hydrogen-bond donors (Lipinski definition) is 3. The number of aliphatic carboxylic acids is 1. The molecule has 3 N–H and O–H groups in total. The second kappa shape index (κ2) is 8.57. The lowest BCUT2D eigenvalue weighted by Crippen LogP contribution is -2.60. The first-order chi connectivity index (χ1) is 17.0. The summed E-state index contributed by atoms with van der Waals surface area (Å²) in [5.74, 6) is -0.355. The number of carboxylic acid groups (broad SMARTS) is 1. The monoisotopic (exact) mass is 474 g/mol. The van der Waals surface area contributed by atoms with E-state index in [4.69, 9.17) is 4.99 Å². The molecule has 3 atom stereocenters. The number of carboxylic acids is 1. The lowest BCUT2D eigenvalue weighted by Gasteiger charge is -2.49. The molecule has 35 heavy (non-hydrogen) atoms. The predicted molar refractivity (Wildman–Crippen MR) is 130 cm³/mol. The number of amidine groups is 1. The summed E-state index contributed by atoms with van der Waals surface area (Å²) in [5, 5.41) is 14.4. The van der Waals surface area contributed by atoms with E-state index < -0.39 is 17.7 Å². The molecule has 3 saturated carbocycles. The van der Waals surface area contributed by atoms with Crippen LogP contribution in [-0.2, 0) is 4.79 Å². The van der Waals surface area contributed by atoms with Gasteiger partial charge in [0.2, 0.25) is 0 Å². The third-order valence-electron chi connectivity index (χ3n) is 7.86. The molecule has 3 fully saturated rings. The molecular formula is C26H27FN6O2. The maximum absolute atomic E-state index is 14.1. The van der Waals surface area contributed by atoms with Crippen LogP contribution in [0.1, 0.15) is 36.8 Å². The molecule has 2 bridgehead atoms. The summed E-state index contributed by atoms with van der Waals surface area (Å²) < 4.78 is 14.1. The van der Waals surface area contributed by atoms with Crippen molar-refractivity contribution in [2.24, 2.45) is 22.7 Å². The number of fused-ring (bicyclic) bond motifs is 4. The van der Waals surface area contributed by atoms with Gasteiger partial charge in [-0.2, -0.15) is 0 Å². The number of aromatic nitrogens is 3. The van der Waals surface area contributed by atoms with Crippen molar-refractivity contribution in [3.63, 3.8) is 0 Å². The molecule has 0 amide bonds. The molecule has 180 valence electrons. The average Bonchev–Trinajstić information content (AvgIpc) is 3.29. The Morgan fingerprint density at radius 3 is 2.77 bits per heavy atom. The predicted octanol–water partition coefficient (Wildman–Crippen LogP) is 3.64. The van der Waals surface area contributed by atoms with Gasteiger partial charge in [0.15, 0.2) is 0 Å². The average molecular weight is 475 g/mol. The van der Waals surface area contributed by atoms with Crippen molar-refractivity contribution in [2.75, 3.05) is 7.05 Å². The normalized spacial score (nSPS) is 28.2. The second-order valence-corrected chi connectivity index (χ2v) is 9.77. The minimum atomic E-state index is -0.723. The largest absolute Gasteiger partial charge is 0.481 e. The number of aliphatic imine (C=N–C) groups is 1. The van der Waals surface area contributed by atoms with E-state index >= 15 is 0 Å². The Morgan fingerprint density at radius 1 is 1.23 bits per heavy atom. The maximum atomic E-state index is 14.1. The summed E-state index contributed by atoms with van der Waals surface area (Å²) >= 11 is 0. The number of halogens is 1. The summed E-state index contributed by atoms with van der Waals surface area (Å²) in [6.45, 7) is 0. The summed E-state index contributed by atoms with van der Waals surface area (Å²) in [5.41, 5.74) is 2.90. The van der Waals surface area contributed by atoms with Gasteiger partial charge < -0.3 is 15.0 Å². The Hall–Kier alpha value is -3.59. The second-order valence-electron chi connectivity index (χ2n) is 9.77. The van der Waals surface area contributed by atoms with Gasteiger partial charge in [0, 0.05) is 48.2 Å². The minimum Gasteiger partial charge on any atom is -0.481 e. The topological polar surface area (TPSA) is 107 Å². The zero-order valence-electron chi connectivity index (χ0n) is 19.4. The fourth-order valence-electron chi connectivity index (χ4n) is 6.11. The van der Waals surface area contributed by atoms with Crippen molar-refractivity contribution >= 4 is 28.5 Å². The van der Waals surface area contributed by atoms with E-state index in [2.05, 4.69) is 20.3 Å². The number of pyridine rings is 2. The molecule has 8 nitrogen and oxygen atoms in total. The molecular weight excluding hydrogens is 447 g/mol. The molecule has 3 unspecified atom stereocenters. The third kappa shape index (κ3) is 3.80. The molecule has 0 radical (unpaired) electrons. The van der Waals surface area contributed by atoms with Gasteiger partial charge in [0.1, 0.15) is 23.5 Å². The van der Waals surface area contributed by atoms with E-state index in [0.29, 0.717) is 22.8 Å². The van der Waals surface area contributed by atoms with E-state index in [1.54, 1.807) is 18.6 Å². The van der Waals surface area contributed by atoms with Crippen LogP contribution in [-0.4, -0.2) is 56.0 Å². The fourth-order valence-corrected chi connectivity index (χ4v) is 6.11. The first-order valence-corrected chi connectivity index (χ1v) is 12.0. The molecule has 0 aromatic carbocycles. The van der Waals surface area contributed by atoms with E-state index in [1.807, 2.05) is 30.2 Å². The van der Waals surface area contributed by atoms with Crippen molar-refractivity contribution in [3.05, 3.63) is 66.0 Å². The Bertz CT molecular complexity index is 1330. The number of hydrogen-bond acceptors (Lipinski definition) is 6. The molecule has 3 aliphatic carbocycles. The Balaban J connectivity index is 1.41. The molecule has 3 aromatic rings. The molecule has 4 heterocycles. The van der Waals surface area contributed by atoms with E-state index in [1.165, 1.54) is 12.3 Å². The summed E-state index contributed by atoms with van der Waals surface area (Å²) in [6.07, 6.45) is 12.2. The van der Waals surface area contributed by atoms with Crippen LogP contribution in [0.3, 0.4) is 0 Å². The van der Waals surface area contributed by atoms with Gasteiger partial charge in [-0.05, 0) is 61.8 Å². The van der Waals surface area contributed by atoms with E-state index in [-0.39, 0.29) is 18.1 Å². The van der Waals surface area contributed by atoms with Crippen LogP contribution >= 0.6 is 0 Å². The number of carbonyl (C=O) groups is 1. The van der Waals surface area contributed by atoms with Crippen molar-refractivity contribution in [1.82, 2.24) is 25.2 Å². The Kier molecular flexibility index (Phi) is 5.36. The minimum absolute atomic E-state index is 0.125. The van der Waals surface area contributed by atoms with Gasteiger partial charge in [-0.1, -0.05) is 0 Å². The number of nitrogens with zero attached hydrogens (tertiary/aromatic N) is 4. The van der Waals surface area contributed by atoms with Crippen LogP contribution in [0.2, 0.25) is 0 Å². The molecule has 1 aliphatic heterocycles. The summed E-state index contributed by atoms with van der Waals surface area (Å²) in [7, 11) is 1.93. The highest BCUT2D eigenvalue weighted by atomic mass is 19.1. The molecule has 0 saturated heterocycles. The fraction of sp³-hybridized carbons (Fsp3) is 0.385. The highest BCUT2D eigenvalue weighted by molar-refractivity contribution is 6.11. The van der Waals surface area contributed by atoms with Gasteiger partial charge >= 0.3 is 5.97 Å². The summed E-state index contributed by atoms with van der Waals surface area (Å²) in [6, 6.07) is 5.13. The van der Waals surface area contributed by atoms with Crippen LogP contribution in [0.25, 0.3) is 16.7 Å². The van der Waals surface area contributed by atoms with Crippen LogP contribution < -0.4 is 5.32 Å². The number of nitrogens with one attached hydrogen (secondary N) is 2. The molecule has 9 heteroatoms. The van der Waals surface area contributed by atoms with Crippen molar-refractivity contribution in [1.29, 1.82) is 0 Å². The van der Waals surface area contributed by atoms with Crippen LogP contribution in [0, 0.1) is 23.6 Å². The van der Waals surface area contributed by atoms with Crippen molar-refractivity contribution < 1.29 is 14.3 Å². The third-order valence-corrected chi connectivity index (χ3v) is 7.86. The van der Waals surface area contributed by atoms with Crippen LogP contribution in [0.5, 0.6) is 0 Å². The molecule has 4 aliphatic rings. The van der Waals surface area contributed by atoms with Gasteiger partial charge in [-0.3, -0.25) is 15.1 Å².